The van der Waals surface area contributed by atoms with Crippen LogP contribution in [0.3, 0.4) is 0 Å². The lowest BCUT2D eigenvalue weighted by molar-refractivity contribution is -0.113. The summed E-state index contributed by atoms with van der Waals surface area (Å²) in [6.07, 6.45) is 0.728. The molecule has 1 aliphatic heterocycles. The van der Waals surface area contributed by atoms with Crippen LogP contribution in [0.1, 0.15) is 40.7 Å². The summed E-state index contributed by atoms with van der Waals surface area (Å²) in [6.45, 7) is 1.87. The monoisotopic (exact) mass is 660 g/mol. The molecule has 4 aromatic rings. The van der Waals surface area contributed by atoms with Gasteiger partial charge in [0.2, 0.25) is 0 Å². The zero-order valence-electron chi connectivity index (χ0n) is 24.2. The van der Waals surface area contributed by atoms with E-state index in [-0.39, 0.29) is 5.91 Å². The number of thioether (sulfide) groups is 1. The first-order chi connectivity index (χ1) is 21.4. The fourth-order valence-corrected chi connectivity index (χ4v) is 6.86. The van der Waals surface area contributed by atoms with Crippen molar-refractivity contribution in [3.8, 4) is 17.9 Å². The van der Waals surface area contributed by atoms with E-state index in [1.54, 1.807) is 31.0 Å². The second kappa shape index (κ2) is 14.1. The standard InChI is InChI=1S/C36H29BrN4O2S/c1-23-33(35(42)41-31-13-7-8-14-32(31)43-2)34(28-11-5-6-12-30(28)37)29(21-39)36(40-23)44-22-27-10-4-3-9-26(27)19-24-15-17-25(20-38)18-16-24/h3-18,34,40H,19,22H2,1-2H3,(H,41,42). The highest BCUT2D eigenvalue weighted by molar-refractivity contribution is 9.10. The molecule has 0 bridgehead atoms. The van der Waals surface area contributed by atoms with E-state index in [1.165, 1.54) is 5.56 Å². The molecule has 4 aromatic carbocycles. The van der Waals surface area contributed by atoms with Gasteiger partial charge in [-0.3, -0.25) is 4.79 Å². The Kier molecular flexibility index (Phi) is 9.86. The first-order valence-corrected chi connectivity index (χ1v) is 15.7. The Morgan fingerprint density at radius 2 is 1.61 bits per heavy atom. The van der Waals surface area contributed by atoms with E-state index in [0.29, 0.717) is 44.6 Å². The Labute approximate surface area is 270 Å². The number of nitrogens with one attached hydrogen (secondary N) is 2. The Morgan fingerprint density at radius 3 is 2.32 bits per heavy atom. The number of carbonyl (C=O) groups is 1. The number of anilines is 1. The maximum Gasteiger partial charge on any atom is 0.254 e. The number of nitriles is 2. The molecule has 1 heterocycles. The Morgan fingerprint density at radius 1 is 0.932 bits per heavy atom. The molecule has 0 radical (unpaired) electrons. The van der Waals surface area contributed by atoms with E-state index < -0.39 is 5.92 Å². The molecule has 1 atom stereocenters. The largest absolute Gasteiger partial charge is 0.495 e. The van der Waals surface area contributed by atoms with Gasteiger partial charge in [0.25, 0.3) is 5.91 Å². The normalized spacial score (nSPS) is 14.3. The molecule has 0 saturated heterocycles. The van der Waals surface area contributed by atoms with Gasteiger partial charge < -0.3 is 15.4 Å². The molecule has 218 valence electrons. The first kappa shape index (κ1) is 30.7. The number of dihydropyridines is 1. The van der Waals surface area contributed by atoms with Crippen LogP contribution in [-0.4, -0.2) is 13.0 Å². The molecule has 0 fully saturated rings. The third-order valence-corrected chi connectivity index (χ3v) is 9.22. The third-order valence-electron chi connectivity index (χ3n) is 7.43. The molecule has 1 amide bonds. The fraction of sp³-hybridized carbons (Fsp3) is 0.139. The number of ether oxygens (including phenoxy) is 1. The summed E-state index contributed by atoms with van der Waals surface area (Å²) in [4.78, 5) is 13.9. The summed E-state index contributed by atoms with van der Waals surface area (Å²) in [5.41, 5.74) is 7.06. The number of amides is 1. The van der Waals surface area contributed by atoms with E-state index in [0.717, 1.165) is 27.6 Å². The number of methoxy groups -OCH3 is 1. The first-order valence-electron chi connectivity index (χ1n) is 13.9. The van der Waals surface area contributed by atoms with Gasteiger partial charge in [-0.15, -0.1) is 11.8 Å². The molecule has 1 aliphatic rings. The van der Waals surface area contributed by atoms with Crippen molar-refractivity contribution in [1.82, 2.24) is 5.32 Å². The van der Waals surface area contributed by atoms with Crippen LogP contribution in [0.5, 0.6) is 5.75 Å². The van der Waals surface area contributed by atoms with Crippen molar-refractivity contribution < 1.29 is 9.53 Å². The number of hydrogen-bond acceptors (Lipinski definition) is 6. The number of halogens is 1. The minimum absolute atomic E-state index is 0.315. The van der Waals surface area contributed by atoms with Gasteiger partial charge in [0, 0.05) is 21.5 Å². The Bertz CT molecular complexity index is 1850. The summed E-state index contributed by atoms with van der Waals surface area (Å²) in [7, 11) is 1.56. The van der Waals surface area contributed by atoms with Gasteiger partial charge in [-0.25, -0.2) is 0 Å². The summed E-state index contributed by atoms with van der Waals surface area (Å²) in [5, 5.41) is 26.8. The van der Waals surface area contributed by atoms with Crippen LogP contribution in [0.15, 0.2) is 123 Å². The lowest BCUT2D eigenvalue weighted by Crippen LogP contribution is -2.31. The van der Waals surface area contributed by atoms with Crippen molar-refractivity contribution in [1.29, 1.82) is 10.5 Å². The minimum Gasteiger partial charge on any atom is -0.495 e. The summed E-state index contributed by atoms with van der Waals surface area (Å²) in [5.74, 6) is 0.263. The van der Waals surface area contributed by atoms with E-state index in [2.05, 4.69) is 50.8 Å². The molecule has 0 aliphatic carbocycles. The minimum atomic E-state index is -0.595. The van der Waals surface area contributed by atoms with Gasteiger partial charge >= 0.3 is 0 Å². The molecule has 0 saturated carbocycles. The van der Waals surface area contributed by atoms with Crippen molar-refractivity contribution in [2.24, 2.45) is 0 Å². The number of hydrogen-bond donors (Lipinski definition) is 2. The molecular weight excluding hydrogens is 632 g/mol. The smallest absolute Gasteiger partial charge is 0.254 e. The molecule has 0 spiro atoms. The highest BCUT2D eigenvalue weighted by Crippen LogP contribution is 2.44. The number of nitrogens with zero attached hydrogens (tertiary/aromatic N) is 2. The maximum atomic E-state index is 13.9. The van der Waals surface area contributed by atoms with E-state index in [9.17, 15) is 10.1 Å². The third kappa shape index (κ3) is 6.73. The highest BCUT2D eigenvalue weighted by atomic mass is 79.9. The van der Waals surface area contributed by atoms with Crippen molar-refractivity contribution in [2.45, 2.75) is 25.0 Å². The number of benzene rings is 4. The van der Waals surface area contributed by atoms with Crippen LogP contribution in [0, 0.1) is 22.7 Å². The topological polar surface area (TPSA) is 97.9 Å². The number of rotatable bonds is 9. The van der Waals surface area contributed by atoms with Gasteiger partial charge in [0.15, 0.2) is 0 Å². The average molecular weight is 662 g/mol. The van der Waals surface area contributed by atoms with Gasteiger partial charge in [0.05, 0.1) is 47.0 Å². The van der Waals surface area contributed by atoms with Gasteiger partial charge in [-0.05, 0) is 65.9 Å². The van der Waals surface area contributed by atoms with E-state index in [4.69, 9.17) is 10.00 Å². The summed E-state index contributed by atoms with van der Waals surface area (Å²) >= 11 is 5.22. The lowest BCUT2D eigenvalue weighted by Gasteiger charge is -2.30. The SMILES string of the molecule is COc1ccccc1NC(=O)C1=C(C)NC(SCc2ccccc2Cc2ccc(C#N)cc2)=C(C#N)C1c1ccccc1Br. The summed E-state index contributed by atoms with van der Waals surface area (Å²) < 4.78 is 6.26. The number of allylic oxidation sites excluding steroid dienone is 2. The van der Waals surface area contributed by atoms with Crippen LogP contribution in [0.25, 0.3) is 0 Å². The molecule has 6 nitrogen and oxygen atoms in total. The summed E-state index contributed by atoms with van der Waals surface area (Å²) in [6, 6.07) is 35.4. The van der Waals surface area contributed by atoms with Crippen LogP contribution in [-0.2, 0) is 17.0 Å². The number of para-hydroxylation sites is 2. The molecule has 8 heteroatoms. The van der Waals surface area contributed by atoms with E-state index >= 15 is 0 Å². The van der Waals surface area contributed by atoms with E-state index in [1.807, 2.05) is 79.7 Å². The van der Waals surface area contributed by atoms with Crippen LogP contribution < -0.4 is 15.4 Å². The van der Waals surface area contributed by atoms with Crippen LogP contribution in [0.4, 0.5) is 5.69 Å². The Hall–Kier alpha value is -4.76. The zero-order valence-corrected chi connectivity index (χ0v) is 26.6. The molecule has 1 unspecified atom stereocenters. The molecule has 0 aromatic heterocycles. The lowest BCUT2D eigenvalue weighted by atomic mass is 9.82. The predicted molar refractivity (Wildman–Crippen MR) is 179 cm³/mol. The highest BCUT2D eigenvalue weighted by Gasteiger charge is 2.36. The van der Waals surface area contributed by atoms with Crippen molar-refractivity contribution >= 4 is 39.3 Å². The Balaban J connectivity index is 1.47. The molecular formula is C36H29BrN4O2S. The van der Waals surface area contributed by atoms with Crippen molar-refractivity contribution in [2.75, 3.05) is 12.4 Å². The maximum absolute atomic E-state index is 13.9. The van der Waals surface area contributed by atoms with Gasteiger partial charge in [0.1, 0.15) is 5.75 Å². The van der Waals surface area contributed by atoms with Crippen LogP contribution in [0.2, 0.25) is 0 Å². The molecule has 2 N–H and O–H groups in total. The van der Waals surface area contributed by atoms with Gasteiger partial charge in [-0.2, -0.15) is 10.5 Å². The zero-order chi connectivity index (χ0) is 31.1. The van der Waals surface area contributed by atoms with Crippen molar-refractivity contribution in [3.63, 3.8) is 0 Å². The molecule has 44 heavy (non-hydrogen) atoms. The van der Waals surface area contributed by atoms with Crippen molar-refractivity contribution in [3.05, 3.63) is 151 Å². The second-order valence-corrected chi connectivity index (χ2v) is 12.0. The average Bonchev–Trinajstić information content (AvgIpc) is 3.04. The van der Waals surface area contributed by atoms with Gasteiger partial charge in [-0.1, -0.05) is 82.7 Å². The second-order valence-electron chi connectivity index (χ2n) is 10.2. The predicted octanol–water partition coefficient (Wildman–Crippen LogP) is 8.19. The fourth-order valence-electron chi connectivity index (χ4n) is 5.22. The van der Waals surface area contributed by atoms with Crippen LogP contribution >= 0.6 is 27.7 Å². The molecule has 5 rings (SSSR count). The number of carbonyl (C=O) groups excluding carboxylic acids is 1. The quantitative estimate of drug-likeness (QED) is 0.188.